The Bertz CT molecular complexity index is 819. The van der Waals surface area contributed by atoms with Crippen molar-refractivity contribution in [1.29, 1.82) is 5.26 Å². The second kappa shape index (κ2) is 9.38. The minimum Gasteiger partial charge on any atom is -0.493 e. The number of methoxy groups -OCH3 is 1. The number of halogens is 2. The number of carbonyl (C=O) groups excluding carboxylic acids is 1. The fraction of sp³-hybridized carbons (Fsp3) is 0.263. The van der Waals surface area contributed by atoms with Gasteiger partial charge in [-0.2, -0.15) is 14.0 Å². The number of nitriles is 1. The molecule has 142 valence electrons. The molecule has 1 amide bonds. The summed E-state index contributed by atoms with van der Waals surface area (Å²) < 4.78 is 39.2. The molecule has 0 N–H and O–H groups in total. The predicted molar refractivity (Wildman–Crippen MR) is 92.8 cm³/mol. The van der Waals surface area contributed by atoms with E-state index in [1.165, 1.54) is 30.2 Å². The van der Waals surface area contributed by atoms with E-state index < -0.39 is 6.61 Å². The molecule has 0 bridgehead atoms. The average Bonchev–Trinajstić information content (AvgIpc) is 2.66. The average molecular weight is 376 g/mol. The lowest BCUT2D eigenvalue weighted by molar-refractivity contribution is -0.132. The third-order valence-corrected chi connectivity index (χ3v) is 3.64. The van der Waals surface area contributed by atoms with Gasteiger partial charge >= 0.3 is 6.61 Å². The van der Waals surface area contributed by atoms with Gasteiger partial charge in [0.15, 0.2) is 18.1 Å². The van der Waals surface area contributed by atoms with Crippen molar-refractivity contribution >= 4 is 5.91 Å². The van der Waals surface area contributed by atoms with E-state index in [1.54, 1.807) is 31.3 Å². The van der Waals surface area contributed by atoms with Crippen molar-refractivity contribution in [3.05, 3.63) is 53.6 Å². The fourth-order valence-corrected chi connectivity index (χ4v) is 2.24. The summed E-state index contributed by atoms with van der Waals surface area (Å²) in [6, 6.07) is 12.7. The third kappa shape index (κ3) is 5.85. The largest absolute Gasteiger partial charge is 0.493 e. The molecule has 0 saturated carbocycles. The zero-order valence-electron chi connectivity index (χ0n) is 14.8. The van der Waals surface area contributed by atoms with E-state index in [0.717, 1.165) is 5.56 Å². The lowest BCUT2D eigenvalue weighted by atomic mass is 10.2. The van der Waals surface area contributed by atoms with Crippen molar-refractivity contribution < 1.29 is 27.8 Å². The first-order chi connectivity index (χ1) is 12.9. The maximum absolute atomic E-state index is 12.2. The first kappa shape index (κ1) is 20.0. The Morgan fingerprint density at radius 1 is 1.19 bits per heavy atom. The lowest BCUT2D eigenvalue weighted by Gasteiger charge is -2.18. The maximum atomic E-state index is 12.2. The van der Waals surface area contributed by atoms with Gasteiger partial charge in [0, 0.05) is 19.7 Å². The number of hydrogen-bond acceptors (Lipinski definition) is 5. The number of alkyl halides is 2. The second-order valence-electron chi connectivity index (χ2n) is 5.54. The molecule has 0 aromatic heterocycles. The van der Waals surface area contributed by atoms with E-state index in [2.05, 4.69) is 4.74 Å². The molecule has 2 aromatic carbocycles. The summed E-state index contributed by atoms with van der Waals surface area (Å²) in [5, 5.41) is 8.89. The van der Waals surface area contributed by atoms with Crippen molar-refractivity contribution in [3.8, 4) is 23.3 Å². The number of carbonyl (C=O) groups is 1. The van der Waals surface area contributed by atoms with E-state index >= 15 is 0 Å². The molecule has 0 radical (unpaired) electrons. The van der Waals surface area contributed by atoms with Gasteiger partial charge < -0.3 is 19.1 Å². The van der Waals surface area contributed by atoms with Crippen LogP contribution in [0.1, 0.15) is 11.1 Å². The van der Waals surface area contributed by atoms with Crippen LogP contribution in [0.4, 0.5) is 8.78 Å². The molecule has 2 rings (SSSR count). The van der Waals surface area contributed by atoms with Gasteiger partial charge in [0.25, 0.3) is 5.91 Å². The highest BCUT2D eigenvalue weighted by atomic mass is 19.3. The van der Waals surface area contributed by atoms with Crippen LogP contribution in [0.2, 0.25) is 0 Å². The van der Waals surface area contributed by atoms with E-state index in [4.69, 9.17) is 14.7 Å². The van der Waals surface area contributed by atoms with Crippen LogP contribution in [0.5, 0.6) is 17.2 Å². The van der Waals surface area contributed by atoms with Gasteiger partial charge in [-0.1, -0.05) is 12.1 Å². The fourth-order valence-electron chi connectivity index (χ4n) is 2.24. The molecule has 0 fully saturated rings. The van der Waals surface area contributed by atoms with Crippen LogP contribution in [0.3, 0.4) is 0 Å². The van der Waals surface area contributed by atoms with E-state index in [0.29, 0.717) is 17.1 Å². The van der Waals surface area contributed by atoms with Gasteiger partial charge in [0.2, 0.25) is 0 Å². The Hall–Kier alpha value is -3.34. The van der Waals surface area contributed by atoms with Crippen LogP contribution >= 0.6 is 0 Å². The van der Waals surface area contributed by atoms with Crippen LogP contribution in [-0.2, 0) is 11.3 Å². The minimum atomic E-state index is -2.88. The number of ether oxygens (including phenoxy) is 3. The predicted octanol–water partition coefficient (Wildman–Crippen LogP) is 3.21. The summed E-state index contributed by atoms with van der Waals surface area (Å²) in [6.07, 6.45) is 0. The normalized spacial score (nSPS) is 10.2. The number of likely N-dealkylation sites (N-methyl/N-ethyl adjacent to an activating group) is 1. The molecule has 27 heavy (non-hydrogen) atoms. The summed E-state index contributed by atoms with van der Waals surface area (Å²) in [5.41, 5.74) is 1.17. The summed E-state index contributed by atoms with van der Waals surface area (Å²) in [4.78, 5) is 13.7. The Morgan fingerprint density at radius 2 is 1.89 bits per heavy atom. The highest BCUT2D eigenvalue weighted by Crippen LogP contribution is 2.27. The highest BCUT2D eigenvalue weighted by molar-refractivity contribution is 5.77. The topological polar surface area (TPSA) is 71.8 Å². The quantitative estimate of drug-likeness (QED) is 0.708. The molecule has 0 saturated heterocycles. The Morgan fingerprint density at radius 3 is 2.48 bits per heavy atom. The van der Waals surface area contributed by atoms with Crippen LogP contribution in [0, 0.1) is 11.3 Å². The molecule has 6 nitrogen and oxygen atoms in total. The molecule has 0 aliphatic carbocycles. The summed E-state index contributed by atoms with van der Waals surface area (Å²) >= 11 is 0. The molecule has 0 unspecified atom stereocenters. The SMILES string of the molecule is COc1cc(C#N)ccc1OCC(=O)N(C)Cc1ccc(OC(F)F)cc1. The Labute approximate surface area is 155 Å². The molecule has 0 spiro atoms. The monoisotopic (exact) mass is 376 g/mol. The van der Waals surface area contributed by atoms with Crippen molar-refractivity contribution in [2.45, 2.75) is 13.2 Å². The van der Waals surface area contributed by atoms with Gasteiger partial charge in [0.1, 0.15) is 5.75 Å². The third-order valence-electron chi connectivity index (χ3n) is 3.64. The molecule has 0 aliphatic rings. The smallest absolute Gasteiger partial charge is 0.387 e. The van der Waals surface area contributed by atoms with Crippen LogP contribution in [0.15, 0.2) is 42.5 Å². The van der Waals surface area contributed by atoms with Gasteiger partial charge in [-0.25, -0.2) is 0 Å². The van der Waals surface area contributed by atoms with Crippen LogP contribution in [0.25, 0.3) is 0 Å². The minimum absolute atomic E-state index is 0.0546. The first-order valence-corrected chi connectivity index (χ1v) is 7.91. The van der Waals surface area contributed by atoms with Crippen molar-refractivity contribution in [2.75, 3.05) is 20.8 Å². The second-order valence-corrected chi connectivity index (χ2v) is 5.54. The van der Waals surface area contributed by atoms with Crippen molar-refractivity contribution in [1.82, 2.24) is 4.90 Å². The number of rotatable bonds is 8. The van der Waals surface area contributed by atoms with E-state index in [1.807, 2.05) is 6.07 Å². The number of amides is 1. The number of nitrogens with zero attached hydrogens (tertiary/aromatic N) is 2. The first-order valence-electron chi connectivity index (χ1n) is 7.91. The molecule has 0 aliphatic heterocycles. The van der Waals surface area contributed by atoms with E-state index in [9.17, 15) is 13.6 Å². The van der Waals surface area contributed by atoms with Crippen molar-refractivity contribution in [2.24, 2.45) is 0 Å². The summed E-state index contributed by atoms with van der Waals surface area (Å²) in [5.74, 6) is 0.485. The molecular formula is C19H18F2N2O4. The molecule has 8 heteroatoms. The molecule has 0 heterocycles. The van der Waals surface area contributed by atoms with Gasteiger partial charge in [-0.3, -0.25) is 4.79 Å². The maximum Gasteiger partial charge on any atom is 0.387 e. The zero-order valence-corrected chi connectivity index (χ0v) is 14.8. The number of hydrogen-bond donors (Lipinski definition) is 0. The Kier molecular flexibility index (Phi) is 6.94. The molecule has 2 aromatic rings. The Balaban J connectivity index is 1.91. The standard InChI is InChI=1S/C19H18F2N2O4/c1-23(11-13-3-6-15(7-4-13)27-19(20)21)18(24)12-26-16-8-5-14(10-22)9-17(16)25-2/h3-9,19H,11-12H2,1-2H3. The lowest BCUT2D eigenvalue weighted by Crippen LogP contribution is -2.31. The van der Waals surface area contributed by atoms with Crippen LogP contribution < -0.4 is 14.2 Å². The molecular weight excluding hydrogens is 358 g/mol. The van der Waals surface area contributed by atoms with E-state index in [-0.39, 0.29) is 24.8 Å². The highest BCUT2D eigenvalue weighted by Gasteiger charge is 2.13. The van der Waals surface area contributed by atoms with Crippen molar-refractivity contribution in [3.63, 3.8) is 0 Å². The van der Waals surface area contributed by atoms with Crippen LogP contribution in [-0.4, -0.2) is 38.2 Å². The van der Waals surface area contributed by atoms with Gasteiger partial charge in [-0.05, 0) is 29.8 Å². The number of benzene rings is 2. The molecule has 0 atom stereocenters. The summed E-state index contributed by atoms with van der Waals surface area (Å²) in [6.45, 7) is -2.82. The van der Waals surface area contributed by atoms with Gasteiger partial charge in [-0.15, -0.1) is 0 Å². The summed E-state index contributed by atoms with van der Waals surface area (Å²) in [7, 11) is 3.05. The zero-order chi connectivity index (χ0) is 19.8. The van der Waals surface area contributed by atoms with Gasteiger partial charge in [0.05, 0.1) is 18.7 Å².